The van der Waals surface area contributed by atoms with Crippen LogP contribution in [0.5, 0.6) is 0 Å². The average molecular weight is 277 g/mol. The second kappa shape index (κ2) is 7.03. The minimum atomic E-state index is -2.87. The molecule has 0 aliphatic carbocycles. The molecule has 0 radical (unpaired) electrons. The van der Waals surface area contributed by atoms with E-state index in [1.807, 2.05) is 0 Å². The molecule has 5 nitrogen and oxygen atoms in total. The number of rotatable bonds is 8. The van der Waals surface area contributed by atoms with E-state index in [1.54, 1.807) is 6.20 Å². The first-order chi connectivity index (χ1) is 8.03. The van der Waals surface area contributed by atoms with Gasteiger partial charge in [-0.25, -0.2) is 8.42 Å². The fourth-order valence-corrected chi connectivity index (χ4v) is 2.71. The number of nitrogens with zero attached hydrogens (tertiary/aromatic N) is 2. The van der Waals surface area contributed by atoms with Crippen LogP contribution >= 0.6 is 11.7 Å². The first kappa shape index (κ1) is 14.5. The van der Waals surface area contributed by atoms with Gasteiger partial charge in [-0.05, 0) is 25.8 Å². The van der Waals surface area contributed by atoms with Gasteiger partial charge < -0.3 is 5.32 Å². The zero-order valence-electron chi connectivity index (χ0n) is 10.2. The van der Waals surface area contributed by atoms with Gasteiger partial charge in [-0.1, -0.05) is 6.92 Å². The van der Waals surface area contributed by atoms with Gasteiger partial charge in [0.1, 0.15) is 9.84 Å². The van der Waals surface area contributed by atoms with Crippen LogP contribution < -0.4 is 5.32 Å². The Balaban J connectivity index is 2.47. The molecule has 1 N–H and O–H groups in total. The highest BCUT2D eigenvalue weighted by Gasteiger charge is 2.14. The van der Waals surface area contributed by atoms with E-state index < -0.39 is 9.84 Å². The molecule has 0 saturated carbocycles. The van der Waals surface area contributed by atoms with Crippen molar-refractivity contribution in [1.29, 1.82) is 0 Å². The van der Waals surface area contributed by atoms with Crippen LogP contribution in [-0.2, 0) is 9.84 Å². The zero-order chi connectivity index (χ0) is 12.7. The van der Waals surface area contributed by atoms with Gasteiger partial charge in [0.25, 0.3) is 0 Å². The topological polar surface area (TPSA) is 72.0 Å². The number of nitrogens with one attached hydrogen (secondary N) is 1. The highest BCUT2D eigenvalue weighted by Crippen LogP contribution is 2.17. The molecule has 1 aromatic rings. The lowest BCUT2D eigenvalue weighted by molar-refractivity contribution is 0.485. The molecule has 98 valence electrons. The van der Waals surface area contributed by atoms with Gasteiger partial charge >= 0.3 is 0 Å². The Morgan fingerprint density at radius 3 is 2.82 bits per heavy atom. The fraction of sp³-hybridized carbons (Fsp3) is 0.800. The average Bonchev–Trinajstić information content (AvgIpc) is 2.74. The van der Waals surface area contributed by atoms with Crippen molar-refractivity contribution in [2.75, 3.05) is 18.6 Å². The predicted octanol–water partition coefficient (Wildman–Crippen LogP) is 1.40. The van der Waals surface area contributed by atoms with Crippen molar-refractivity contribution in [3.05, 3.63) is 11.9 Å². The zero-order valence-corrected chi connectivity index (χ0v) is 11.9. The van der Waals surface area contributed by atoms with Crippen molar-refractivity contribution in [1.82, 2.24) is 14.1 Å². The molecule has 1 rings (SSSR count). The minimum Gasteiger partial charge on any atom is -0.309 e. The van der Waals surface area contributed by atoms with Gasteiger partial charge in [-0.15, -0.1) is 0 Å². The molecule has 7 heteroatoms. The molecular formula is C10H19N3O2S2. The van der Waals surface area contributed by atoms with E-state index in [0.717, 1.165) is 25.1 Å². The summed E-state index contributed by atoms with van der Waals surface area (Å²) >= 11 is 1.18. The SMILES string of the molecule is CCCNC(CCCS(C)(=O)=O)c1cnsn1. The van der Waals surface area contributed by atoms with E-state index >= 15 is 0 Å². The van der Waals surface area contributed by atoms with Crippen LogP contribution in [0.25, 0.3) is 0 Å². The Bertz CT molecular complexity index is 403. The maximum absolute atomic E-state index is 11.1. The Labute approximate surface area is 107 Å². The van der Waals surface area contributed by atoms with Crippen molar-refractivity contribution >= 4 is 21.6 Å². The molecule has 0 saturated heterocycles. The molecule has 0 amide bonds. The maximum atomic E-state index is 11.1. The molecule has 0 aliphatic heterocycles. The lowest BCUT2D eigenvalue weighted by Gasteiger charge is -2.15. The molecular weight excluding hydrogens is 258 g/mol. The number of sulfone groups is 1. The minimum absolute atomic E-state index is 0.121. The molecule has 1 aromatic heterocycles. The summed E-state index contributed by atoms with van der Waals surface area (Å²) < 4.78 is 30.3. The van der Waals surface area contributed by atoms with Crippen LogP contribution in [-0.4, -0.2) is 35.7 Å². The van der Waals surface area contributed by atoms with Crippen molar-refractivity contribution in [2.24, 2.45) is 0 Å². The molecule has 1 atom stereocenters. The molecule has 0 aromatic carbocycles. The summed E-state index contributed by atoms with van der Waals surface area (Å²) in [4.78, 5) is 0. The Hall–Kier alpha value is -0.530. The lowest BCUT2D eigenvalue weighted by atomic mass is 10.1. The first-order valence-corrected chi connectivity index (χ1v) is 8.50. The second-order valence-corrected chi connectivity index (χ2v) is 6.93. The van der Waals surface area contributed by atoms with Crippen LogP contribution in [0.4, 0.5) is 0 Å². The van der Waals surface area contributed by atoms with Crippen molar-refractivity contribution in [3.63, 3.8) is 0 Å². The summed E-state index contributed by atoms with van der Waals surface area (Å²) in [6, 6.07) is 0.121. The molecule has 17 heavy (non-hydrogen) atoms. The van der Waals surface area contributed by atoms with E-state index in [0.29, 0.717) is 6.42 Å². The van der Waals surface area contributed by atoms with Gasteiger partial charge in [-0.2, -0.15) is 8.75 Å². The summed E-state index contributed by atoms with van der Waals surface area (Å²) in [6.45, 7) is 3.00. The summed E-state index contributed by atoms with van der Waals surface area (Å²) in [5.41, 5.74) is 0.914. The van der Waals surface area contributed by atoms with E-state index in [4.69, 9.17) is 0 Å². The number of aromatic nitrogens is 2. The van der Waals surface area contributed by atoms with Crippen LogP contribution in [0.2, 0.25) is 0 Å². The van der Waals surface area contributed by atoms with Crippen LogP contribution in [0.1, 0.15) is 37.9 Å². The second-order valence-electron chi connectivity index (χ2n) is 4.11. The molecule has 1 unspecified atom stereocenters. The highest BCUT2D eigenvalue weighted by atomic mass is 32.2. The van der Waals surface area contributed by atoms with E-state index in [1.165, 1.54) is 18.0 Å². The summed E-state index contributed by atoms with van der Waals surface area (Å²) in [5, 5.41) is 3.37. The number of hydrogen-bond acceptors (Lipinski definition) is 6. The third-order valence-corrected chi connectivity index (χ3v) is 3.91. The quantitative estimate of drug-likeness (QED) is 0.777. The van der Waals surface area contributed by atoms with Crippen molar-refractivity contribution in [3.8, 4) is 0 Å². The van der Waals surface area contributed by atoms with Crippen LogP contribution in [0.15, 0.2) is 6.20 Å². The molecule has 0 aliphatic rings. The Morgan fingerprint density at radius 2 is 2.29 bits per heavy atom. The van der Waals surface area contributed by atoms with E-state index in [-0.39, 0.29) is 11.8 Å². The summed E-state index contributed by atoms with van der Waals surface area (Å²) in [6.07, 6.45) is 5.49. The summed E-state index contributed by atoms with van der Waals surface area (Å²) in [5.74, 6) is 0.231. The molecule has 0 fully saturated rings. The van der Waals surface area contributed by atoms with Crippen molar-refractivity contribution in [2.45, 2.75) is 32.2 Å². The fourth-order valence-electron chi connectivity index (χ4n) is 1.55. The Morgan fingerprint density at radius 1 is 1.53 bits per heavy atom. The molecule has 0 bridgehead atoms. The normalized spacial score (nSPS) is 13.8. The largest absolute Gasteiger partial charge is 0.309 e. The van der Waals surface area contributed by atoms with Gasteiger partial charge in [0.15, 0.2) is 0 Å². The predicted molar refractivity (Wildman–Crippen MR) is 69.9 cm³/mol. The standard InChI is InChI=1S/C10H19N3O2S2/c1-3-6-11-9(10-8-12-16-13-10)5-4-7-17(2,14)15/h8-9,11H,3-7H2,1-2H3. The maximum Gasteiger partial charge on any atom is 0.147 e. The van der Waals surface area contributed by atoms with Crippen molar-refractivity contribution < 1.29 is 8.42 Å². The lowest BCUT2D eigenvalue weighted by Crippen LogP contribution is -2.23. The highest BCUT2D eigenvalue weighted by molar-refractivity contribution is 7.90. The monoisotopic (exact) mass is 277 g/mol. The Kier molecular flexibility index (Phi) is 6.01. The third kappa shape index (κ3) is 6.09. The third-order valence-electron chi connectivity index (χ3n) is 2.38. The first-order valence-electron chi connectivity index (χ1n) is 5.71. The van der Waals surface area contributed by atoms with Gasteiger partial charge in [-0.3, -0.25) is 0 Å². The van der Waals surface area contributed by atoms with Crippen LogP contribution in [0, 0.1) is 0 Å². The van der Waals surface area contributed by atoms with E-state index in [2.05, 4.69) is 21.0 Å². The smallest absolute Gasteiger partial charge is 0.147 e. The van der Waals surface area contributed by atoms with Gasteiger partial charge in [0, 0.05) is 12.0 Å². The number of hydrogen-bond donors (Lipinski definition) is 1. The van der Waals surface area contributed by atoms with Gasteiger partial charge in [0.2, 0.25) is 0 Å². The summed E-state index contributed by atoms with van der Waals surface area (Å²) in [7, 11) is -2.87. The van der Waals surface area contributed by atoms with Gasteiger partial charge in [0.05, 0.1) is 29.7 Å². The molecule has 1 heterocycles. The molecule has 0 spiro atoms. The van der Waals surface area contributed by atoms with Crippen LogP contribution in [0.3, 0.4) is 0 Å². The van der Waals surface area contributed by atoms with E-state index in [9.17, 15) is 8.42 Å².